The minimum atomic E-state index is 0. The molecule has 0 saturated heterocycles. The van der Waals surface area contributed by atoms with Crippen LogP contribution in [0.4, 0.5) is 0 Å². The van der Waals surface area contributed by atoms with Crippen molar-refractivity contribution in [2.45, 2.75) is 0 Å². The van der Waals surface area contributed by atoms with Gasteiger partial charge in [-0.1, -0.05) is 12.1 Å². The number of para-hydroxylation sites is 2. The average molecular weight is 227 g/mol. The van der Waals surface area contributed by atoms with E-state index in [2.05, 4.69) is 15.0 Å². The number of hydrogen-bond donors (Lipinski definition) is 1. The standard InChI is InChI=1S/C13H11N3O.H2/c1-17-9-6-7-12(14-8-9)13-15-10-4-2-3-5-11(10)16-13;/h2-8H,1H3,(H,15,16);1H. The van der Waals surface area contributed by atoms with Crippen molar-refractivity contribution in [2.24, 2.45) is 0 Å². The van der Waals surface area contributed by atoms with Crippen LogP contribution >= 0.6 is 0 Å². The highest BCUT2D eigenvalue weighted by molar-refractivity contribution is 5.78. The lowest BCUT2D eigenvalue weighted by Crippen LogP contribution is -1.87. The molecule has 0 fully saturated rings. The summed E-state index contributed by atoms with van der Waals surface area (Å²) in [7, 11) is 1.62. The Labute approximate surface area is 99.8 Å². The van der Waals surface area contributed by atoms with E-state index in [1.54, 1.807) is 13.3 Å². The molecular weight excluding hydrogens is 214 g/mol. The molecule has 1 N–H and O–H groups in total. The van der Waals surface area contributed by atoms with Crippen LogP contribution in [0.1, 0.15) is 1.43 Å². The van der Waals surface area contributed by atoms with Crippen LogP contribution in [0.15, 0.2) is 42.6 Å². The lowest BCUT2D eigenvalue weighted by molar-refractivity contribution is 0.413. The van der Waals surface area contributed by atoms with Gasteiger partial charge < -0.3 is 9.72 Å². The number of rotatable bonds is 2. The highest BCUT2D eigenvalue weighted by Gasteiger charge is 2.05. The molecule has 3 rings (SSSR count). The normalized spacial score (nSPS) is 10.6. The molecule has 0 saturated carbocycles. The zero-order valence-electron chi connectivity index (χ0n) is 9.34. The van der Waals surface area contributed by atoms with E-state index in [4.69, 9.17) is 4.74 Å². The zero-order chi connectivity index (χ0) is 11.7. The topological polar surface area (TPSA) is 50.8 Å². The van der Waals surface area contributed by atoms with Crippen molar-refractivity contribution in [2.75, 3.05) is 7.11 Å². The molecule has 86 valence electrons. The summed E-state index contributed by atoms with van der Waals surface area (Å²) in [5.74, 6) is 1.51. The Bertz CT molecular complexity index is 616. The van der Waals surface area contributed by atoms with Gasteiger partial charge in [-0.15, -0.1) is 0 Å². The number of ether oxygens (including phenoxy) is 1. The number of nitrogens with zero attached hydrogens (tertiary/aromatic N) is 2. The third-order valence-corrected chi connectivity index (χ3v) is 2.60. The lowest BCUT2D eigenvalue weighted by Gasteiger charge is -1.99. The van der Waals surface area contributed by atoms with Crippen molar-refractivity contribution >= 4 is 11.0 Å². The molecule has 4 nitrogen and oxygen atoms in total. The van der Waals surface area contributed by atoms with Gasteiger partial charge in [0, 0.05) is 1.43 Å². The zero-order valence-corrected chi connectivity index (χ0v) is 9.34. The van der Waals surface area contributed by atoms with Crippen molar-refractivity contribution in [1.82, 2.24) is 15.0 Å². The summed E-state index contributed by atoms with van der Waals surface area (Å²) in [6.07, 6.45) is 1.68. The molecule has 0 radical (unpaired) electrons. The molecule has 0 aliphatic heterocycles. The van der Waals surface area contributed by atoms with E-state index >= 15 is 0 Å². The minimum Gasteiger partial charge on any atom is -0.495 e. The maximum Gasteiger partial charge on any atom is 0.157 e. The van der Waals surface area contributed by atoms with Gasteiger partial charge in [-0.3, -0.25) is 0 Å². The first-order valence-corrected chi connectivity index (χ1v) is 5.32. The summed E-state index contributed by atoms with van der Waals surface area (Å²) in [5.41, 5.74) is 2.77. The van der Waals surface area contributed by atoms with Crippen molar-refractivity contribution in [3.05, 3.63) is 42.6 Å². The quantitative estimate of drug-likeness (QED) is 0.732. The second-order valence-electron chi connectivity index (χ2n) is 3.69. The highest BCUT2D eigenvalue weighted by atomic mass is 16.5. The molecule has 17 heavy (non-hydrogen) atoms. The van der Waals surface area contributed by atoms with E-state index in [0.717, 1.165) is 28.3 Å². The summed E-state index contributed by atoms with van der Waals surface area (Å²) in [5, 5.41) is 0. The molecule has 2 aromatic heterocycles. The average Bonchev–Trinajstić information content (AvgIpc) is 2.82. The summed E-state index contributed by atoms with van der Waals surface area (Å²) >= 11 is 0. The number of aromatic amines is 1. The first-order chi connectivity index (χ1) is 8.36. The Morgan fingerprint density at radius 2 is 2.06 bits per heavy atom. The molecule has 4 heteroatoms. The molecule has 0 atom stereocenters. The van der Waals surface area contributed by atoms with Crippen LogP contribution in [0, 0.1) is 0 Å². The van der Waals surface area contributed by atoms with Crippen LogP contribution in [0.25, 0.3) is 22.6 Å². The fraction of sp³-hybridized carbons (Fsp3) is 0.0769. The molecule has 2 heterocycles. The Morgan fingerprint density at radius 3 is 2.76 bits per heavy atom. The molecule has 0 amide bonds. The number of nitrogens with one attached hydrogen (secondary N) is 1. The first kappa shape index (κ1) is 9.84. The Balaban J connectivity index is 0.00000120. The van der Waals surface area contributed by atoms with Gasteiger partial charge in [-0.05, 0) is 24.3 Å². The van der Waals surface area contributed by atoms with E-state index in [9.17, 15) is 0 Å². The lowest BCUT2D eigenvalue weighted by atomic mass is 10.3. The molecule has 3 aromatic rings. The number of imidazole rings is 1. The molecule has 0 unspecified atom stereocenters. The maximum absolute atomic E-state index is 5.07. The Kier molecular flexibility index (Phi) is 2.26. The molecular formula is C13H13N3O. The van der Waals surface area contributed by atoms with E-state index in [1.165, 1.54) is 0 Å². The van der Waals surface area contributed by atoms with Crippen molar-refractivity contribution in [1.29, 1.82) is 0 Å². The van der Waals surface area contributed by atoms with Gasteiger partial charge in [0.1, 0.15) is 11.4 Å². The van der Waals surface area contributed by atoms with Gasteiger partial charge in [0.05, 0.1) is 24.3 Å². The number of pyridine rings is 1. The van der Waals surface area contributed by atoms with Gasteiger partial charge in [-0.25, -0.2) is 9.97 Å². The van der Waals surface area contributed by atoms with Crippen LogP contribution < -0.4 is 4.74 Å². The molecule has 0 bridgehead atoms. The van der Waals surface area contributed by atoms with Crippen LogP contribution in [-0.4, -0.2) is 22.1 Å². The largest absolute Gasteiger partial charge is 0.495 e. The third-order valence-electron chi connectivity index (χ3n) is 2.60. The minimum absolute atomic E-state index is 0. The second-order valence-corrected chi connectivity index (χ2v) is 3.69. The van der Waals surface area contributed by atoms with E-state index < -0.39 is 0 Å². The third kappa shape index (κ3) is 1.73. The maximum atomic E-state index is 5.07. The number of fused-ring (bicyclic) bond motifs is 1. The van der Waals surface area contributed by atoms with Crippen molar-refractivity contribution in [3.63, 3.8) is 0 Å². The first-order valence-electron chi connectivity index (χ1n) is 5.32. The summed E-state index contributed by atoms with van der Waals surface area (Å²) in [6, 6.07) is 11.7. The second kappa shape index (κ2) is 3.90. The highest BCUT2D eigenvalue weighted by Crippen LogP contribution is 2.19. The van der Waals surface area contributed by atoms with Gasteiger partial charge >= 0.3 is 0 Å². The number of methoxy groups -OCH3 is 1. The predicted molar refractivity (Wildman–Crippen MR) is 68.0 cm³/mol. The van der Waals surface area contributed by atoms with Crippen molar-refractivity contribution < 1.29 is 6.16 Å². The van der Waals surface area contributed by atoms with E-state index in [0.29, 0.717) is 0 Å². The van der Waals surface area contributed by atoms with Gasteiger partial charge in [-0.2, -0.15) is 0 Å². The van der Waals surface area contributed by atoms with Gasteiger partial charge in [0.15, 0.2) is 5.82 Å². The Morgan fingerprint density at radius 1 is 1.18 bits per heavy atom. The van der Waals surface area contributed by atoms with Crippen LogP contribution in [0.3, 0.4) is 0 Å². The number of aromatic nitrogens is 3. The van der Waals surface area contributed by atoms with Gasteiger partial charge in [0.2, 0.25) is 0 Å². The van der Waals surface area contributed by atoms with Crippen LogP contribution in [0.5, 0.6) is 5.75 Å². The molecule has 0 aliphatic carbocycles. The number of H-pyrrole nitrogens is 1. The summed E-state index contributed by atoms with van der Waals surface area (Å²) in [4.78, 5) is 12.0. The smallest absolute Gasteiger partial charge is 0.157 e. The fourth-order valence-corrected chi connectivity index (χ4v) is 1.72. The van der Waals surface area contributed by atoms with Gasteiger partial charge in [0.25, 0.3) is 0 Å². The predicted octanol–water partition coefficient (Wildman–Crippen LogP) is 2.88. The number of hydrogen-bond acceptors (Lipinski definition) is 3. The molecule has 0 spiro atoms. The van der Waals surface area contributed by atoms with Crippen LogP contribution in [-0.2, 0) is 0 Å². The Hall–Kier alpha value is -2.36. The van der Waals surface area contributed by atoms with E-state index in [1.807, 2.05) is 36.4 Å². The monoisotopic (exact) mass is 227 g/mol. The molecule has 0 aliphatic rings. The van der Waals surface area contributed by atoms with E-state index in [-0.39, 0.29) is 1.43 Å². The molecule has 1 aromatic carbocycles. The van der Waals surface area contributed by atoms with Crippen LogP contribution in [0.2, 0.25) is 0 Å². The SMILES string of the molecule is COc1ccc(-c2nc3ccccc3[nH]2)nc1.[HH]. The van der Waals surface area contributed by atoms with Crippen molar-refractivity contribution in [3.8, 4) is 17.3 Å². The fourth-order valence-electron chi connectivity index (χ4n) is 1.72. The number of benzene rings is 1. The summed E-state index contributed by atoms with van der Waals surface area (Å²) in [6.45, 7) is 0. The summed E-state index contributed by atoms with van der Waals surface area (Å²) < 4.78 is 5.07.